The maximum absolute atomic E-state index is 13.7. The molecule has 0 aliphatic carbocycles. The summed E-state index contributed by atoms with van der Waals surface area (Å²) in [6.45, 7) is 6.19. The lowest BCUT2D eigenvalue weighted by molar-refractivity contribution is -0.117. The van der Waals surface area contributed by atoms with E-state index in [1.165, 1.54) is 6.08 Å². The van der Waals surface area contributed by atoms with Crippen molar-refractivity contribution < 1.29 is 13.2 Å². The van der Waals surface area contributed by atoms with E-state index in [1.807, 2.05) is 47.2 Å². The molecular formula is C32H35N7O3S. The molecule has 222 valence electrons. The quantitative estimate of drug-likeness (QED) is 0.163. The number of hydrogen-bond acceptors (Lipinski definition) is 6. The molecule has 1 aliphatic rings. The molecule has 5 rings (SSSR count). The van der Waals surface area contributed by atoms with Crippen molar-refractivity contribution in [2.75, 3.05) is 19.6 Å². The summed E-state index contributed by atoms with van der Waals surface area (Å²) in [6, 6.07) is 18.2. The van der Waals surface area contributed by atoms with Gasteiger partial charge in [0.25, 0.3) is 5.91 Å². The summed E-state index contributed by atoms with van der Waals surface area (Å²) in [5, 5.41) is 17.5. The van der Waals surface area contributed by atoms with Crippen molar-refractivity contribution in [2.45, 2.75) is 38.1 Å². The van der Waals surface area contributed by atoms with Crippen molar-refractivity contribution in [1.82, 2.24) is 29.0 Å². The van der Waals surface area contributed by atoms with Crippen LogP contribution in [0.3, 0.4) is 0 Å². The van der Waals surface area contributed by atoms with E-state index in [0.29, 0.717) is 49.4 Å². The number of nitriles is 1. The van der Waals surface area contributed by atoms with E-state index in [0.717, 1.165) is 12.1 Å². The monoisotopic (exact) mass is 597 g/mol. The van der Waals surface area contributed by atoms with Crippen LogP contribution in [0.4, 0.5) is 0 Å². The van der Waals surface area contributed by atoms with Crippen molar-refractivity contribution in [3.8, 4) is 23.0 Å². The summed E-state index contributed by atoms with van der Waals surface area (Å²) in [5.74, 6) is 0.0687. The summed E-state index contributed by atoms with van der Waals surface area (Å²) in [5.41, 5.74) is 2.26. The Morgan fingerprint density at radius 1 is 1.12 bits per heavy atom. The van der Waals surface area contributed by atoms with E-state index in [1.54, 1.807) is 52.0 Å². The fourth-order valence-corrected chi connectivity index (χ4v) is 7.19. The Morgan fingerprint density at radius 3 is 2.58 bits per heavy atom. The van der Waals surface area contributed by atoms with E-state index in [-0.39, 0.29) is 22.3 Å². The predicted octanol–water partition coefficient (Wildman–Crippen LogP) is 4.52. The van der Waals surface area contributed by atoms with E-state index in [2.05, 4.69) is 24.1 Å². The summed E-state index contributed by atoms with van der Waals surface area (Å²) in [4.78, 5) is 17.1. The highest BCUT2D eigenvalue weighted by molar-refractivity contribution is 7.89. The average Bonchev–Trinajstić information content (AvgIpc) is 3.68. The molecule has 0 saturated carbocycles. The van der Waals surface area contributed by atoms with Crippen LogP contribution < -0.4 is 5.32 Å². The van der Waals surface area contributed by atoms with Crippen LogP contribution in [0.1, 0.15) is 32.3 Å². The number of benzene rings is 2. The van der Waals surface area contributed by atoms with Gasteiger partial charge in [0.1, 0.15) is 17.3 Å². The number of nitrogens with zero attached hydrogens (tertiary/aromatic N) is 6. The van der Waals surface area contributed by atoms with Gasteiger partial charge >= 0.3 is 0 Å². The van der Waals surface area contributed by atoms with E-state index < -0.39 is 15.9 Å². The van der Waals surface area contributed by atoms with Crippen LogP contribution in [0.5, 0.6) is 0 Å². The second-order valence-corrected chi connectivity index (χ2v) is 13.0. The predicted molar refractivity (Wildman–Crippen MR) is 164 cm³/mol. The molecule has 2 aromatic heterocycles. The van der Waals surface area contributed by atoms with Gasteiger partial charge < -0.3 is 9.88 Å². The Balaban J connectivity index is 1.46. The van der Waals surface area contributed by atoms with Gasteiger partial charge in [0.05, 0.1) is 16.9 Å². The summed E-state index contributed by atoms with van der Waals surface area (Å²) in [6.07, 6.45) is 10.2. The van der Waals surface area contributed by atoms with Crippen molar-refractivity contribution in [1.29, 1.82) is 5.26 Å². The lowest BCUT2D eigenvalue weighted by Crippen LogP contribution is -2.42. The number of nitrogens with one attached hydrogen (secondary N) is 1. The molecule has 11 heteroatoms. The van der Waals surface area contributed by atoms with Crippen LogP contribution in [0.15, 0.2) is 90.0 Å². The molecule has 1 amide bonds. The molecule has 10 nitrogen and oxygen atoms in total. The Morgan fingerprint density at radius 2 is 1.88 bits per heavy atom. The molecule has 0 radical (unpaired) electrons. The highest BCUT2D eigenvalue weighted by atomic mass is 32.2. The van der Waals surface area contributed by atoms with Crippen molar-refractivity contribution in [3.63, 3.8) is 0 Å². The third kappa shape index (κ3) is 7.10. The standard InChI is InChI=1S/C32H35N7O3S/c1-24-16-25(2)21-38(20-24)43(41,42)30-11-6-8-26(18-30)31-28(22-39(36-31)29-9-4-3-5-10-29)17-27(19-33)32(40)35-12-7-14-37-15-13-34-23-37/h3-6,8-11,13,15,17-18,22-25H,7,12,14,16,20-21H2,1-2H3,(H,35,40). The molecule has 0 spiro atoms. The number of imidazole rings is 1. The Kier molecular flexibility index (Phi) is 9.19. The minimum Gasteiger partial charge on any atom is -0.351 e. The normalized spacial score (nSPS) is 17.8. The first-order chi connectivity index (χ1) is 20.7. The highest BCUT2D eigenvalue weighted by Crippen LogP contribution is 2.31. The number of piperidine rings is 1. The number of amides is 1. The van der Waals surface area contributed by atoms with E-state index in [4.69, 9.17) is 5.10 Å². The first kappa shape index (κ1) is 29.9. The van der Waals surface area contributed by atoms with Crippen molar-refractivity contribution in [2.24, 2.45) is 11.8 Å². The molecule has 2 atom stereocenters. The second-order valence-electron chi connectivity index (χ2n) is 11.1. The third-order valence-corrected chi connectivity index (χ3v) is 9.27. The highest BCUT2D eigenvalue weighted by Gasteiger charge is 2.32. The number of carbonyl (C=O) groups excluding carboxylic acids is 1. The number of aromatic nitrogens is 4. The number of carbonyl (C=O) groups is 1. The van der Waals surface area contributed by atoms with Crippen LogP contribution in [0.2, 0.25) is 0 Å². The minimum absolute atomic E-state index is 0.0726. The zero-order valence-electron chi connectivity index (χ0n) is 24.3. The molecule has 1 saturated heterocycles. The topological polar surface area (TPSA) is 126 Å². The van der Waals surface area contributed by atoms with Crippen molar-refractivity contribution >= 4 is 22.0 Å². The number of sulfonamides is 1. The fourth-order valence-electron chi connectivity index (χ4n) is 5.47. The SMILES string of the molecule is CC1CC(C)CN(S(=O)(=O)c2cccc(-c3nn(-c4ccccc4)cc3C=C(C#N)C(=O)NCCCn3ccnc3)c2)C1. The van der Waals surface area contributed by atoms with Crippen LogP contribution in [-0.4, -0.2) is 57.6 Å². The van der Waals surface area contributed by atoms with Crippen LogP contribution in [-0.2, 0) is 21.4 Å². The lowest BCUT2D eigenvalue weighted by Gasteiger charge is -2.34. The molecule has 1 N–H and O–H groups in total. The molecule has 4 aromatic rings. The molecular weight excluding hydrogens is 562 g/mol. The first-order valence-corrected chi connectivity index (χ1v) is 15.8. The largest absolute Gasteiger partial charge is 0.351 e. The number of hydrogen-bond donors (Lipinski definition) is 1. The lowest BCUT2D eigenvalue weighted by atomic mass is 9.94. The van der Waals surface area contributed by atoms with Gasteiger partial charge in [0, 0.05) is 55.9 Å². The first-order valence-electron chi connectivity index (χ1n) is 14.4. The second kappa shape index (κ2) is 13.2. The molecule has 43 heavy (non-hydrogen) atoms. The van der Waals surface area contributed by atoms with E-state index in [9.17, 15) is 18.5 Å². The van der Waals surface area contributed by atoms with Gasteiger partial charge in [-0.2, -0.15) is 14.7 Å². The zero-order chi connectivity index (χ0) is 30.4. The number of aryl methyl sites for hydroxylation is 1. The molecule has 2 unspecified atom stereocenters. The van der Waals surface area contributed by atoms with Gasteiger partial charge in [-0.1, -0.05) is 44.2 Å². The molecule has 0 bridgehead atoms. The Bertz CT molecular complexity index is 1730. The molecule has 1 fully saturated rings. The maximum Gasteiger partial charge on any atom is 0.261 e. The van der Waals surface area contributed by atoms with Crippen molar-refractivity contribution in [3.05, 3.63) is 90.7 Å². The Labute approximate surface area is 252 Å². The number of rotatable bonds is 10. The Hall–Kier alpha value is -4.53. The van der Waals surface area contributed by atoms with Gasteiger partial charge in [-0.3, -0.25) is 4.79 Å². The molecule has 1 aliphatic heterocycles. The minimum atomic E-state index is -3.73. The summed E-state index contributed by atoms with van der Waals surface area (Å²) >= 11 is 0. The fraction of sp³-hybridized carbons (Fsp3) is 0.312. The smallest absolute Gasteiger partial charge is 0.261 e. The van der Waals surface area contributed by atoms with Gasteiger partial charge in [-0.15, -0.1) is 0 Å². The van der Waals surface area contributed by atoms with Crippen LogP contribution in [0.25, 0.3) is 23.0 Å². The molecule has 3 heterocycles. The van der Waals surface area contributed by atoms with Crippen LogP contribution >= 0.6 is 0 Å². The van der Waals surface area contributed by atoms with Gasteiger partial charge in [0.15, 0.2) is 0 Å². The maximum atomic E-state index is 13.7. The van der Waals surface area contributed by atoms with Crippen LogP contribution in [0, 0.1) is 23.2 Å². The van der Waals surface area contributed by atoms with E-state index >= 15 is 0 Å². The van der Waals surface area contributed by atoms with Gasteiger partial charge in [-0.05, 0) is 55.0 Å². The third-order valence-electron chi connectivity index (χ3n) is 7.45. The summed E-state index contributed by atoms with van der Waals surface area (Å²) in [7, 11) is -3.73. The van der Waals surface area contributed by atoms with Gasteiger partial charge in [0.2, 0.25) is 10.0 Å². The molecule has 2 aromatic carbocycles. The van der Waals surface area contributed by atoms with Gasteiger partial charge in [-0.25, -0.2) is 18.1 Å². The average molecular weight is 598 g/mol. The zero-order valence-corrected chi connectivity index (χ0v) is 25.1. The summed E-state index contributed by atoms with van der Waals surface area (Å²) < 4.78 is 32.5. The number of para-hydroxylation sites is 1.